The number of amides is 1. The molecule has 3 aromatic rings. The van der Waals surface area contributed by atoms with E-state index in [2.05, 4.69) is 49.8 Å². The number of H-pyrrole nitrogens is 1. The number of carbonyl (C=O) groups is 1. The fourth-order valence-corrected chi connectivity index (χ4v) is 8.26. The molecule has 0 spiro atoms. The number of phosphoric acid groups is 3. The van der Waals surface area contributed by atoms with Crippen LogP contribution < -0.4 is 11.1 Å². The van der Waals surface area contributed by atoms with Crippen LogP contribution in [0.2, 0.25) is 0 Å². The molecule has 0 saturated carbocycles. The molecule has 6 atom stereocenters. The molecular formula is C16H21BrN7O14P3S2. The number of imidazole rings is 1. The van der Waals surface area contributed by atoms with Crippen molar-refractivity contribution < 1.29 is 65.4 Å². The summed E-state index contributed by atoms with van der Waals surface area (Å²) in [6.45, 7) is 0.788. The highest BCUT2D eigenvalue weighted by Crippen LogP contribution is 2.66. The van der Waals surface area contributed by atoms with E-state index in [1.807, 2.05) is 0 Å². The summed E-state index contributed by atoms with van der Waals surface area (Å²) in [5.41, 5.74) is 6.70. The van der Waals surface area contributed by atoms with Crippen molar-refractivity contribution >= 4 is 91.3 Å². The SMILES string of the molecule is COC1C(COP(=O)(O)OP(=O)(O)OP(=O)(O)O)OC(n2cnc3c(=S)[nH]c(N)nc32)C1OC(=O)Nc1nc(C)c(Br)s1. The predicted octanol–water partition coefficient (Wildman–Crippen LogP) is 2.47. The van der Waals surface area contributed by atoms with Gasteiger partial charge >= 0.3 is 29.6 Å². The molecule has 0 aromatic carbocycles. The molecule has 4 rings (SSSR count). The number of methoxy groups -OCH3 is 1. The smallest absolute Gasteiger partial charge is 0.438 e. The lowest BCUT2D eigenvalue weighted by Crippen LogP contribution is -2.39. The molecule has 1 saturated heterocycles. The van der Waals surface area contributed by atoms with Crippen LogP contribution in [0.15, 0.2) is 10.1 Å². The van der Waals surface area contributed by atoms with Gasteiger partial charge in [0.25, 0.3) is 0 Å². The molecule has 21 nitrogen and oxygen atoms in total. The lowest BCUT2D eigenvalue weighted by molar-refractivity contribution is -0.0530. The number of aromatic nitrogens is 5. The monoisotopic (exact) mass is 771 g/mol. The minimum Gasteiger partial charge on any atom is -0.438 e. The number of nitrogens with zero attached hydrogens (tertiary/aromatic N) is 4. The van der Waals surface area contributed by atoms with Gasteiger partial charge in [0.2, 0.25) is 5.95 Å². The van der Waals surface area contributed by atoms with E-state index in [0.717, 1.165) is 11.3 Å². The Hall–Kier alpha value is -1.72. The number of rotatable bonds is 11. The summed E-state index contributed by atoms with van der Waals surface area (Å²) in [6.07, 6.45) is -5.00. The zero-order valence-electron chi connectivity index (χ0n) is 21.4. The van der Waals surface area contributed by atoms with Crippen LogP contribution in [0, 0.1) is 11.6 Å². The maximum absolute atomic E-state index is 12.9. The van der Waals surface area contributed by atoms with Crippen molar-refractivity contribution in [2.75, 3.05) is 24.8 Å². The van der Waals surface area contributed by atoms with Crippen LogP contribution in [0.3, 0.4) is 0 Å². The van der Waals surface area contributed by atoms with Gasteiger partial charge in [-0.05, 0) is 22.9 Å². The number of carbonyl (C=O) groups excluding carboxylic acids is 1. The molecule has 27 heteroatoms. The molecular weight excluding hydrogens is 751 g/mol. The molecule has 0 radical (unpaired) electrons. The second kappa shape index (κ2) is 12.9. The van der Waals surface area contributed by atoms with Crippen molar-refractivity contribution in [3.8, 4) is 0 Å². The van der Waals surface area contributed by atoms with Crippen molar-refractivity contribution in [3.05, 3.63) is 20.4 Å². The van der Waals surface area contributed by atoms with Crippen molar-refractivity contribution in [3.63, 3.8) is 0 Å². The summed E-state index contributed by atoms with van der Waals surface area (Å²) in [5, 5.41) is 2.65. The highest BCUT2D eigenvalue weighted by molar-refractivity contribution is 9.11. The molecule has 1 aliphatic heterocycles. The number of aryl methyl sites for hydroxylation is 1. The van der Waals surface area contributed by atoms with Crippen molar-refractivity contribution in [1.82, 2.24) is 24.5 Å². The lowest BCUT2D eigenvalue weighted by atomic mass is 10.1. The van der Waals surface area contributed by atoms with Crippen LogP contribution in [0.5, 0.6) is 0 Å². The summed E-state index contributed by atoms with van der Waals surface area (Å²) in [6, 6.07) is 0. The number of aromatic amines is 1. The Morgan fingerprint density at radius 3 is 2.53 bits per heavy atom. The Labute approximate surface area is 257 Å². The Balaban J connectivity index is 1.61. The highest BCUT2D eigenvalue weighted by Gasteiger charge is 2.50. The number of phosphoric ester groups is 1. The first-order chi connectivity index (χ1) is 19.9. The predicted molar refractivity (Wildman–Crippen MR) is 150 cm³/mol. The average Bonchev–Trinajstić information content (AvgIpc) is 3.50. The molecule has 238 valence electrons. The van der Waals surface area contributed by atoms with Gasteiger partial charge in [0, 0.05) is 7.11 Å². The second-order valence-corrected chi connectivity index (χ2v) is 15.4. The molecule has 0 bridgehead atoms. The molecule has 1 amide bonds. The van der Waals surface area contributed by atoms with Crippen molar-refractivity contribution in [2.45, 2.75) is 31.5 Å². The molecule has 3 aromatic heterocycles. The van der Waals surface area contributed by atoms with E-state index in [1.165, 1.54) is 18.0 Å². The Morgan fingerprint density at radius 1 is 1.23 bits per heavy atom. The van der Waals surface area contributed by atoms with Crippen LogP contribution >= 0.6 is 63.0 Å². The Bertz CT molecular complexity index is 1710. The maximum atomic E-state index is 12.9. The Kier molecular flexibility index (Phi) is 10.3. The second-order valence-electron chi connectivity index (χ2n) is 8.30. The fourth-order valence-electron chi connectivity index (χ4n) is 3.75. The number of anilines is 2. The normalized spacial score (nSPS) is 23.6. The molecule has 0 aliphatic carbocycles. The topological polar surface area (TPSA) is 302 Å². The quantitative estimate of drug-likeness (QED) is 0.109. The first-order valence-corrected chi connectivity index (χ1v) is 17.7. The lowest BCUT2D eigenvalue weighted by Gasteiger charge is -2.23. The van der Waals surface area contributed by atoms with Crippen LogP contribution in [-0.4, -0.2) is 82.2 Å². The summed E-state index contributed by atoms with van der Waals surface area (Å²) in [4.78, 5) is 64.7. The molecule has 6 unspecified atom stereocenters. The summed E-state index contributed by atoms with van der Waals surface area (Å²) in [5.74, 6) is -0.0790. The zero-order valence-corrected chi connectivity index (χ0v) is 27.3. The Morgan fingerprint density at radius 2 is 1.93 bits per heavy atom. The van der Waals surface area contributed by atoms with Gasteiger partial charge in [-0.25, -0.2) is 28.5 Å². The van der Waals surface area contributed by atoms with Gasteiger partial charge in [0.15, 0.2) is 23.1 Å². The maximum Gasteiger partial charge on any atom is 0.490 e. The number of nitrogens with one attached hydrogen (secondary N) is 2. The third kappa shape index (κ3) is 8.51. The molecule has 4 heterocycles. The van der Waals surface area contributed by atoms with Crippen LogP contribution in [0.25, 0.3) is 11.2 Å². The van der Waals surface area contributed by atoms with Gasteiger partial charge < -0.3 is 44.5 Å². The highest BCUT2D eigenvalue weighted by atomic mass is 79.9. The van der Waals surface area contributed by atoms with Gasteiger partial charge in [-0.2, -0.15) is 13.6 Å². The molecule has 8 N–H and O–H groups in total. The number of nitrogens with two attached hydrogens (primary N) is 1. The number of halogens is 1. The summed E-state index contributed by atoms with van der Waals surface area (Å²) in [7, 11) is -15.7. The number of thiazole rings is 1. The molecule has 1 fully saturated rings. The summed E-state index contributed by atoms with van der Waals surface area (Å²) < 4.78 is 66.1. The fraction of sp³-hybridized carbons (Fsp3) is 0.438. The molecule has 43 heavy (non-hydrogen) atoms. The van der Waals surface area contributed by atoms with Gasteiger partial charge in [-0.3, -0.25) is 14.4 Å². The van der Waals surface area contributed by atoms with Gasteiger partial charge in [0.1, 0.15) is 22.4 Å². The van der Waals surface area contributed by atoms with Crippen LogP contribution in [0.1, 0.15) is 11.9 Å². The van der Waals surface area contributed by atoms with Gasteiger partial charge in [-0.1, -0.05) is 23.6 Å². The number of hydrogen-bond acceptors (Lipinski definition) is 16. The zero-order chi connectivity index (χ0) is 31.9. The standard InChI is InChI=1S/C16H21BrN7O14P3S2/c1-5-10(17)43-15(20-5)23-16(25)36-9-8(33-2)6(3-34-40(29,30)38-41(31,32)37-39(26,27)28)35-13(9)24-4-19-7-11(24)21-14(18)22-12(7)42/h4,6,8-9,13H,3H2,1-2H3,(H,29,30)(H,31,32)(H,20,23,25)(H2,26,27,28)(H3,18,21,22,42). The number of hydrogen-bond donors (Lipinski definition) is 7. The van der Waals surface area contributed by atoms with Crippen LogP contribution in [0.4, 0.5) is 15.9 Å². The number of fused-ring (bicyclic) bond motifs is 1. The number of ether oxygens (including phenoxy) is 3. The minimum absolute atomic E-state index is 0.0790. The summed E-state index contributed by atoms with van der Waals surface area (Å²) >= 11 is 9.63. The first-order valence-electron chi connectivity index (χ1n) is 11.2. The largest absolute Gasteiger partial charge is 0.490 e. The van der Waals surface area contributed by atoms with Gasteiger partial charge in [0.05, 0.1) is 22.4 Å². The van der Waals surface area contributed by atoms with Crippen LogP contribution in [-0.2, 0) is 41.1 Å². The first kappa shape index (κ1) is 34.2. The van der Waals surface area contributed by atoms with E-state index < -0.39 is 60.7 Å². The van der Waals surface area contributed by atoms with E-state index in [-0.39, 0.29) is 26.9 Å². The van der Waals surface area contributed by atoms with Crippen molar-refractivity contribution in [2.24, 2.45) is 0 Å². The third-order valence-corrected chi connectivity index (χ3v) is 11.3. The average molecular weight is 772 g/mol. The van der Waals surface area contributed by atoms with E-state index in [4.69, 9.17) is 46.5 Å². The third-order valence-electron chi connectivity index (χ3n) is 5.29. The van der Waals surface area contributed by atoms with Crippen molar-refractivity contribution in [1.29, 1.82) is 0 Å². The molecule has 1 aliphatic rings. The van der Waals surface area contributed by atoms with Gasteiger partial charge in [-0.15, -0.1) is 0 Å². The van der Waals surface area contributed by atoms with E-state index >= 15 is 0 Å². The van der Waals surface area contributed by atoms with E-state index in [1.54, 1.807) is 6.92 Å². The van der Waals surface area contributed by atoms with E-state index in [9.17, 15) is 28.3 Å². The van der Waals surface area contributed by atoms with E-state index in [0.29, 0.717) is 9.48 Å². The number of nitrogen functional groups attached to an aromatic ring is 1. The minimum atomic E-state index is -5.78.